The van der Waals surface area contributed by atoms with Crippen molar-refractivity contribution >= 4 is 56.6 Å². The van der Waals surface area contributed by atoms with E-state index in [0.717, 1.165) is 19.3 Å². The standard InChI is InChI=1S/C32H36B3N7O4S/c1-29(2)16-19-4-3-14-36-25-21(33)6-8-24(38-25)47(44,45)40-27(43)20-5-7-22(37-26(20)41(29)17-19)42-15-9-23(39-42)46-18-32(34,35)28-30(10-11-30)31(28)12-13-31/h5-9,15,19,28H,3-4,10-14,16-18H2,1-2H3,(H,36,38)(H,40,43)/t19-/m0/s1. The Bertz CT molecular complexity index is 1870. The van der Waals surface area contributed by atoms with Gasteiger partial charge >= 0.3 is 0 Å². The first-order valence-electron chi connectivity index (χ1n) is 16.4. The van der Waals surface area contributed by atoms with Gasteiger partial charge in [-0.1, -0.05) is 16.7 Å². The van der Waals surface area contributed by atoms with Crippen molar-refractivity contribution in [2.45, 2.75) is 74.6 Å². The second-order valence-corrected chi connectivity index (χ2v) is 16.5. The van der Waals surface area contributed by atoms with Gasteiger partial charge in [-0.25, -0.2) is 19.4 Å². The lowest BCUT2D eigenvalue weighted by Gasteiger charge is -2.34. The van der Waals surface area contributed by atoms with Crippen LogP contribution in [-0.2, 0) is 10.0 Å². The normalized spacial score (nSPS) is 24.9. The number of hydrogen-bond acceptors (Lipinski definition) is 9. The van der Waals surface area contributed by atoms with E-state index >= 15 is 0 Å². The van der Waals surface area contributed by atoms with Crippen LogP contribution in [0.5, 0.6) is 5.88 Å². The SMILES string of the molecule is [B]c1ccc2nc1NCCC[C@@H]1CN(c3nc(-n4ccc(OCC([B])([B])C5C6(CC6)C56CC6)n4)ccc3C(=O)NS2(=O)=O)C(C)(C)C1. The molecule has 1 atom stereocenters. The summed E-state index contributed by atoms with van der Waals surface area (Å²) in [4.78, 5) is 24.9. The van der Waals surface area contributed by atoms with E-state index in [4.69, 9.17) is 33.3 Å². The Morgan fingerprint density at radius 2 is 1.81 bits per heavy atom. The number of amides is 1. The van der Waals surface area contributed by atoms with Gasteiger partial charge in [0.15, 0.2) is 10.8 Å². The Morgan fingerprint density at radius 3 is 2.53 bits per heavy atom. The predicted octanol–water partition coefficient (Wildman–Crippen LogP) is 2.41. The highest BCUT2D eigenvalue weighted by molar-refractivity contribution is 7.90. The zero-order valence-electron chi connectivity index (χ0n) is 26.7. The van der Waals surface area contributed by atoms with Gasteiger partial charge < -0.3 is 15.0 Å². The quantitative estimate of drug-likeness (QED) is 0.401. The lowest BCUT2D eigenvalue weighted by molar-refractivity contribution is 0.0981. The van der Waals surface area contributed by atoms with Crippen LogP contribution >= 0.6 is 0 Å². The second-order valence-electron chi connectivity index (χ2n) is 14.9. The van der Waals surface area contributed by atoms with Crippen molar-refractivity contribution < 1.29 is 17.9 Å². The zero-order chi connectivity index (χ0) is 33.0. The number of carbonyl (C=O) groups is 1. The zero-order valence-corrected chi connectivity index (χ0v) is 27.5. The van der Waals surface area contributed by atoms with Gasteiger partial charge in [-0.05, 0) is 99.7 Å². The lowest BCUT2D eigenvalue weighted by atomic mass is 9.51. The number of fused-ring (bicyclic) bond motifs is 7. The van der Waals surface area contributed by atoms with Crippen LogP contribution in [0.1, 0.15) is 69.2 Å². The number of pyridine rings is 2. The summed E-state index contributed by atoms with van der Waals surface area (Å²) in [5.74, 6) is 1.27. The van der Waals surface area contributed by atoms with E-state index in [-0.39, 0.29) is 34.5 Å². The molecule has 238 valence electrons. The molecule has 47 heavy (non-hydrogen) atoms. The van der Waals surface area contributed by atoms with Gasteiger partial charge in [-0.2, -0.15) is 8.42 Å². The molecular formula is C32H36B3N7O4S. The molecule has 8 rings (SSSR count). The minimum absolute atomic E-state index is 0.127. The number of carbonyl (C=O) groups excluding carboxylic acids is 1. The largest absolute Gasteiger partial charge is 0.478 e. The third kappa shape index (κ3) is 5.06. The summed E-state index contributed by atoms with van der Waals surface area (Å²) >= 11 is 0. The van der Waals surface area contributed by atoms with Crippen LogP contribution in [0.25, 0.3) is 5.82 Å². The van der Waals surface area contributed by atoms with Gasteiger partial charge in [0, 0.05) is 30.9 Å². The van der Waals surface area contributed by atoms with Crippen molar-refractivity contribution in [1.82, 2.24) is 24.5 Å². The highest BCUT2D eigenvalue weighted by atomic mass is 32.2. The summed E-state index contributed by atoms with van der Waals surface area (Å²) in [6.07, 6.45) is 9.19. The van der Waals surface area contributed by atoms with Gasteiger partial charge in [0.2, 0.25) is 5.88 Å². The average molecular weight is 647 g/mol. The van der Waals surface area contributed by atoms with Crippen LogP contribution in [-0.4, -0.2) is 82.8 Å². The number of sulfonamides is 1. The number of ether oxygens (including phenoxy) is 1. The second kappa shape index (κ2) is 10.3. The fourth-order valence-electron chi connectivity index (χ4n) is 8.88. The molecule has 6 radical (unpaired) electrons. The third-order valence-electron chi connectivity index (χ3n) is 11.2. The summed E-state index contributed by atoms with van der Waals surface area (Å²) in [6.45, 7) is 5.61. The van der Waals surface area contributed by atoms with Crippen molar-refractivity contribution in [3.63, 3.8) is 0 Å². The maximum absolute atomic E-state index is 13.7. The molecule has 3 aromatic rings. The molecule has 1 amide bonds. The van der Waals surface area contributed by atoms with Crippen molar-refractivity contribution in [3.8, 4) is 11.7 Å². The molecule has 1 saturated heterocycles. The lowest BCUT2D eigenvalue weighted by Crippen LogP contribution is -2.41. The summed E-state index contributed by atoms with van der Waals surface area (Å²) in [6, 6.07) is 7.69. The molecule has 3 aromatic heterocycles. The molecule has 4 fully saturated rings. The van der Waals surface area contributed by atoms with E-state index in [1.807, 2.05) is 0 Å². The van der Waals surface area contributed by atoms with Gasteiger partial charge in [0.25, 0.3) is 15.9 Å². The summed E-state index contributed by atoms with van der Waals surface area (Å²) in [7, 11) is 15.0. The molecule has 2 N–H and O–H groups in total. The molecule has 5 aliphatic rings. The molecular weight excluding hydrogens is 611 g/mol. The van der Waals surface area contributed by atoms with E-state index in [9.17, 15) is 13.2 Å². The Kier molecular flexibility index (Phi) is 6.73. The van der Waals surface area contributed by atoms with E-state index in [0.29, 0.717) is 52.8 Å². The van der Waals surface area contributed by atoms with Crippen LogP contribution in [0.4, 0.5) is 11.6 Å². The van der Waals surface area contributed by atoms with E-state index in [2.05, 4.69) is 38.9 Å². The summed E-state index contributed by atoms with van der Waals surface area (Å²) in [5, 5.41) is 6.52. The van der Waals surface area contributed by atoms with Gasteiger partial charge in [-0.15, -0.1) is 5.10 Å². The van der Waals surface area contributed by atoms with Crippen molar-refractivity contribution in [3.05, 3.63) is 42.1 Å². The van der Waals surface area contributed by atoms with Crippen molar-refractivity contribution in [2.24, 2.45) is 22.7 Å². The monoisotopic (exact) mass is 647 g/mol. The first kappa shape index (κ1) is 30.8. The average Bonchev–Trinajstić information content (AvgIpc) is 3.97. The van der Waals surface area contributed by atoms with Crippen LogP contribution in [0.2, 0.25) is 5.21 Å². The number of nitrogens with one attached hydrogen (secondary N) is 2. The summed E-state index contributed by atoms with van der Waals surface area (Å²) in [5.41, 5.74) is 0.791. The van der Waals surface area contributed by atoms with Gasteiger partial charge in [-0.3, -0.25) is 4.79 Å². The minimum atomic E-state index is -4.32. The Morgan fingerprint density at radius 1 is 1.06 bits per heavy atom. The number of hydrogen-bond donors (Lipinski definition) is 2. The number of anilines is 2. The Hall–Kier alpha value is -3.48. The van der Waals surface area contributed by atoms with Crippen LogP contribution in [0.15, 0.2) is 41.6 Å². The van der Waals surface area contributed by atoms with E-state index in [1.54, 1.807) is 29.1 Å². The first-order chi connectivity index (χ1) is 22.2. The van der Waals surface area contributed by atoms with Crippen molar-refractivity contribution in [1.29, 1.82) is 0 Å². The fraction of sp³-hybridized carbons (Fsp3) is 0.562. The molecule has 5 heterocycles. The summed E-state index contributed by atoms with van der Waals surface area (Å²) < 4.78 is 36.4. The molecule has 3 aliphatic carbocycles. The molecule has 0 unspecified atom stereocenters. The Labute approximate surface area is 279 Å². The molecule has 3 saturated carbocycles. The van der Waals surface area contributed by atoms with Gasteiger partial charge in [0.05, 0.1) is 27.9 Å². The van der Waals surface area contributed by atoms with Crippen LogP contribution in [0.3, 0.4) is 0 Å². The first-order valence-corrected chi connectivity index (χ1v) is 17.9. The van der Waals surface area contributed by atoms with E-state index in [1.165, 1.54) is 37.8 Å². The molecule has 0 aromatic carbocycles. The fourth-order valence-corrected chi connectivity index (χ4v) is 9.79. The highest BCUT2D eigenvalue weighted by Gasteiger charge is 2.88. The number of aromatic nitrogens is 4. The number of nitrogens with zero attached hydrogens (tertiary/aromatic N) is 5. The van der Waals surface area contributed by atoms with Crippen molar-refractivity contribution in [2.75, 3.05) is 29.9 Å². The van der Waals surface area contributed by atoms with E-state index < -0.39 is 21.1 Å². The maximum Gasteiger partial charge on any atom is 0.281 e. The molecule has 15 heteroatoms. The maximum atomic E-state index is 13.7. The molecule has 2 spiro atoms. The highest BCUT2D eigenvalue weighted by Crippen LogP contribution is 2.95. The van der Waals surface area contributed by atoms with Crippen LogP contribution in [0, 0.1) is 22.7 Å². The molecule has 4 bridgehead atoms. The van der Waals surface area contributed by atoms with Gasteiger partial charge in [0.1, 0.15) is 19.5 Å². The third-order valence-corrected chi connectivity index (χ3v) is 12.4. The smallest absolute Gasteiger partial charge is 0.281 e. The van der Waals surface area contributed by atoms with Crippen LogP contribution < -0.4 is 25.1 Å². The minimum Gasteiger partial charge on any atom is -0.478 e. The Balaban J connectivity index is 1.09. The molecule has 11 nitrogen and oxygen atoms in total. The number of rotatable bonds is 5. The molecule has 2 aliphatic heterocycles. The predicted molar refractivity (Wildman–Crippen MR) is 179 cm³/mol. The topological polar surface area (TPSA) is 131 Å².